The average Bonchev–Trinajstić information content (AvgIpc) is 2.70. The molecule has 3 amide bonds. The van der Waals surface area contributed by atoms with Gasteiger partial charge in [-0.25, -0.2) is 4.79 Å². The third-order valence-electron chi connectivity index (χ3n) is 5.62. The lowest BCUT2D eigenvalue weighted by atomic mass is 9.98. The van der Waals surface area contributed by atoms with Crippen LogP contribution in [0.25, 0.3) is 0 Å². The van der Waals surface area contributed by atoms with Gasteiger partial charge in [-0.05, 0) is 43.9 Å². The summed E-state index contributed by atoms with van der Waals surface area (Å²) in [7, 11) is 0. The Morgan fingerprint density at radius 2 is 1.73 bits per heavy atom. The van der Waals surface area contributed by atoms with E-state index in [0.29, 0.717) is 39.1 Å². The number of rotatable bonds is 3. The molecule has 2 aliphatic heterocycles. The summed E-state index contributed by atoms with van der Waals surface area (Å²) in [5.74, 6) is 0.000727. The minimum Gasteiger partial charge on any atom is -0.381 e. The van der Waals surface area contributed by atoms with Crippen LogP contribution in [0.3, 0.4) is 0 Å². The van der Waals surface area contributed by atoms with Crippen molar-refractivity contribution in [1.82, 2.24) is 9.80 Å². The molecule has 30 heavy (non-hydrogen) atoms. The van der Waals surface area contributed by atoms with Crippen LogP contribution in [0.4, 0.5) is 23.7 Å². The summed E-state index contributed by atoms with van der Waals surface area (Å²) in [4.78, 5) is 28.2. The lowest BCUT2D eigenvalue weighted by Gasteiger charge is -2.43. The number of hydrogen-bond donors (Lipinski definition) is 1. The van der Waals surface area contributed by atoms with E-state index in [1.807, 2.05) is 4.90 Å². The molecule has 0 saturated carbocycles. The van der Waals surface area contributed by atoms with Gasteiger partial charge in [-0.3, -0.25) is 4.79 Å². The lowest BCUT2D eigenvalue weighted by molar-refractivity contribution is -0.137. The van der Waals surface area contributed by atoms with Crippen molar-refractivity contribution in [1.29, 1.82) is 0 Å². The van der Waals surface area contributed by atoms with Crippen molar-refractivity contribution in [2.24, 2.45) is 0 Å². The van der Waals surface area contributed by atoms with Crippen LogP contribution >= 0.6 is 11.6 Å². The van der Waals surface area contributed by atoms with Gasteiger partial charge in [0, 0.05) is 50.3 Å². The van der Waals surface area contributed by atoms with Crippen LogP contribution in [-0.2, 0) is 15.7 Å². The first-order valence-electron chi connectivity index (χ1n) is 9.96. The van der Waals surface area contributed by atoms with Gasteiger partial charge in [0.05, 0.1) is 11.3 Å². The normalized spacial score (nSPS) is 18.9. The lowest BCUT2D eigenvalue weighted by Crippen LogP contribution is -2.53. The number of ether oxygens (including phenoxy) is 1. The number of carbonyl (C=O) groups is 2. The molecule has 166 valence electrons. The van der Waals surface area contributed by atoms with Crippen molar-refractivity contribution >= 4 is 29.2 Å². The summed E-state index contributed by atoms with van der Waals surface area (Å²) in [6.07, 6.45) is -1.89. The molecule has 3 rings (SSSR count). The van der Waals surface area contributed by atoms with E-state index in [2.05, 4.69) is 5.32 Å². The number of anilines is 1. The molecule has 2 aliphatic rings. The van der Waals surface area contributed by atoms with Gasteiger partial charge in [0.2, 0.25) is 5.91 Å². The first kappa shape index (κ1) is 22.7. The summed E-state index contributed by atoms with van der Waals surface area (Å²) < 4.78 is 45.1. The van der Waals surface area contributed by atoms with Crippen LogP contribution < -0.4 is 5.32 Å². The molecule has 6 nitrogen and oxygen atoms in total. The van der Waals surface area contributed by atoms with Crippen LogP contribution in [-0.4, -0.2) is 60.1 Å². The third kappa shape index (κ3) is 5.37. The second-order valence-electron chi connectivity index (χ2n) is 7.61. The number of piperidine rings is 1. The van der Waals surface area contributed by atoms with Crippen molar-refractivity contribution in [3.63, 3.8) is 0 Å². The van der Waals surface area contributed by atoms with Gasteiger partial charge in [-0.2, -0.15) is 13.2 Å². The van der Waals surface area contributed by atoms with Crippen LogP contribution in [0.1, 0.15) is 38.2 Å². The smallest absolute Gasteiger partial charge is 0.381 e. The maximum atomic E-state index is 13.2. The fourth-order valence-corrected chi connectivity index (χ4v) is 4.35. The van der Waals surface area contributed by atoms with Crippen LogP contribution in [0.2, 0.25) is 5.02 Å². The Kier molecular flexibility index (Phi) is 7.13. The molecule has 0 spiro atoms. The van der Waals surface area contributed by atoms with E-state index in [1.54, 1.807) is 6.92 Å². The van der Waals surface area contributed by atoms with E-state index in [0.717, 1.165) is 25.0 Å². The summed E-state index contributed by atoms with van der Waals surface area (Å²) in [5, 5.41) is 2.30. The van der Waals surface area contributed by atoms with Crippen molar-refractivity contribution in [3.8, 4) is 0 Å². The molecule has 0 aliphatic carbocycles. The highest BCUT2D eigenvalue weighted by Crippen LogP contribution is 2.36. The predicted octanol–water partition coefficient (Wildman–Crippen LogP) is 4.38. The maximum absolute atomic E-state index is 13.2. The van der Waals surface area contributed by atoms with Crippen LogP contribution in [0.15, 0.2) is 18.2 Å². The number of alkyl halides is 3. The summed E-state index contributed by atoms with van der Waals surface area (Å²) >= 11 is 5.68. The highest BCUT2D eigenvalue weighted by atomic mass is 35.5. The van der Waals surface area contributed by atoms with Crippen LogP contribution in [0, 0.1) is 0 Å². The topological polar surface area (TPSA) is 61.9 Å². The van der Waals surface area contributed by atoms with E-state index in [1.165, 1.54) is 11.0 Å². The number of nitrogens with one attached hydrogen (secondary N) is 1. The molecule has 2 saturated heterocycles. The quantitative estimate of drug-likeness (QED) is 0.747. The Bertz CT molecular complexity index is 776. The Labute approximate surface area is 178 Å². The number of nitrogens with zero attached hydrogens (tertiary/aromatic N) is 2. The van der Waals surface area contributed by atoms with E-state index in [9.17, 15) is 22.8 Å². The molecule has 1 aromatic rings. The third-order valence-corrected chi connectivity index (χ3v) is 5.86. The van der Waals surface area contributed by atoms with Crippen molar-refractivity contribution in [3.05, 3.63) is 28.8 Å². The Hall–Kier alpha value is -2.00. The molecular formula is C20H25ClF3N3O3. The summed E-state index contributed by atoms with van der Waals surface area (Å²) in [6, 6.07) is 2.79. The fraction of sp³-hybridized carbons (Fsp3) is 0.600. The molecule has 1 aromatic carbocycles. The number of benzene rings is 1. The molecule has 1 N–H and O–H groups in total. The van der Waals surface area contributed by atoms with Gasteiger partial charge in [-0.15, -0.1) is 0 Å². The molecule has 0 radical (unpaired) electrons. The molecular weight excluding hydrogens is 423 g/mol. The van der Waals surface area contributed by atoms with E-state index < -0.39 is 17.8 Å². The van der Waals surface area contributed by atoms with E-state index >= 15 is 0 Å². The molecule has 0 bridgehead atoms. The maximum Gasteiger partial charge on any atom is 0.418 e. The molecule has 0 aromatic heterocycles. The van der Waals surface area contributed by atoms with Gasteiger partial charge in [0.15, 0.2) is 0 Å². The molecule has 0 unspecified atom stereocenters. The molecule has 2 heterocycles. The van der Waals surface area contributed by atoms with Gasteiger partial charge >= 0.3 is 12.2 Å². The highest BCUT2D eigenvalue weighted by molar-refractivity contribution is 6.30. The number of likely N-dealkylation sites (tertiary alicyclic amines) is 1. The van der Waals surface area contributed by atoms with Crippen molar-refractivity contribution in [2.75, 3.05) is 31.6 Å². The second kappa shape index (κ2) is 9.43. The minimum absolute atomic E-state index is 0.000727. The predicted molar refractivity (Wildman–Crippen MR) is 106 cm³/mol. The zero-order valence-electron chi connectivity index (χ0n) is 16.7. The number of urea groups is 1. The van der Waals surface area contributed by atoms with Crippen molar-refractivity contribution in [2.45, 2.75) is 50.9 Å². The summed E-state index contributed by atoms with van der Waals surface area (Å²) in [6.45, 7) is 3.52. The average molecular weight is 448 g/mol. The largest absolute Gasteiger partial charge is 0.418 e. The monoisotopic (exact) mass is 447 g/mol. The summed E-state index contributed by atoms with van der Waals surface area (Å²) in [5.41, 5.74) is -1.31. The van der Waals surface area contributed by atoms with Crippen molar-refractivity contribution < 1.29 is 27.5 Å². The SMILES string of the molecule is CC(=O)N(C1CCOCC1)C1CCN(C(=O)Nc2ccc(Cl)cc2C(F)(F)F)CC1. The first-order valence-corrected chi connectivity index (χ1v) is 10.3. The molecule has 0 atom stereocenters. The van der Waals surface area contributed by atoms with Crippen LogP contribution in [0.5, 0.6) is 0 Å². The second-order valence-corrected chi connectivity index (χ2v) is 8.04. The molecule has 2 fully saturated rings. The van der Waals surface area contributed by atoms with Gasteiger partial charge in [0.25, 0.3) is 0 Å². The highest BCUT2D eigenvalue weighted by Gasteiger charge is 2.36. The molecule has 10 heteroatoms. The van der Waals surface area contributed by atoms with Gasteiger partial charge < -0.3 is 19.9 Å². The fourth-order valence-electron chi connectivity index (χ4n) is 4.18. The number of halogens is 4. The first-order chi connectivity index (χ1) is 14.2. The van der Waals surface area contributed by atoms with E-state index in [-0.39, 0.29) is 28.7 Å². The Morgan fingerprint density at radius 3 is 2.30 bits per heavy atom. The number of hydrogen-bond acceptors (Lipinski definition) is 3. The Balaban J connectivity index is 1.62. The number of amides is 3. The standard InChI is InChI=1S/C20H25ClF3N3O3/c1-13(28)27(16-6-10-30-11-7-16)15-4-8-26(9-5-15)19(29)25-18-3-2-14(21)12-17(18)20(22,23)24/h2-3,12,15-16H,4-11H2,1H3,(H,25,29). The Morgan fingerprint density at radius 1 is 1.13 bits per heavy atom. The van der Waals surface area contributed by atoms with Gasteiger partial charge in [-0.1, -0.05) is 11.6 Å². The number of carbonyl (C=O) groups excluding carboxylic acids is 2. The zero-order chi connectivity index (χ0) is 21.9. The van der Waals surface area contributed by atoms with Gasteiger partial charge in [0.1, 0.15) is 0 Å². The zero-order valence-corrected chi connectivity index (χ0v) is 17.4. The van der Waals surface area contributed by atoms with E-state index in [4.69, 9.17) is 16.3 Å². The minimum atomic E-state index is -4.63.